The Morgan fingerprint density at radius 2 is 1.41 bits per heavy atom. The van der Waals surface area contributed by atoms with Crippen molar-refractivity contribution in [2.24, 2.45) is 0 Å². The fourth-order valence-corrected chi connectivity index (χ4v) is 7.57. The van der Waals surface area contributed by atoms with Gasteiger partial charge >= 0.3 is 0 Å². The molecular formula is C36H37BrClN3O4S. The summed E-state index contributed by atoms with van der Waals surface area (Å²) in [5, 5.41) is 3.67. The van der Waals surface area contributed by atoms with E-state index in [0.29, 0.717) is 5.02 Å². The smallest absolute Gasteiger partial charge is 0.264 e. The van der Waals surface area contributed by atoms with Gasteiger partial charge in [-0.3, -0.25) is 13.9 Å². The zero-order valence-corrected chi connectivity index (χ0v) is 28.6. The monoisotopic (exact) mass is 721 g/mol. The van der Waals surface area contributed by atoms with Gasteiger partial charge < -0.3 is 10.2 Å². The summed E-state index contributed by atoms with van der Waals surface area (Å²) in [6.07, 6.45) is 5.29. The first-order valence-corrected chi connectivity index (χ1v) is 18.0. The van der Waals surface area contributed by atoms with E-state index in [1.165, 1.54) is 17.0 Å². The van der Waals surface area contributed by atoms with Crippen LogP contribution in [0.25, 0.3) is 0 Å². The van der Waals surface area contributed by atoms with Crippen molar-refractivity contribution in [1.82, 2.24) is 10.2 Å². The molecule has 0 saturated heterocycles. The van der Waals surface area contributed by atoms with Gasteiger partial charge in [0.25, 0.3) is 10.0 Å². The standard InChI is InChI=1S/C36H37BrClN3O4S/c37-29-18-16-28(17-19-29)25-40(34(24-27-10-4-1-5-11-27)36(43)39-31-12-6-2-7-13-31)35(42)26-41(32-22-20-30(38)21-23-32)46(44,45)33-14-8-3-9-15-33/h1,3-5,8-11,14-23,31,34H,2,6-7,12-13,24-26H2,(H,39,43). The lowest BCUT2D eigenvalue weighted by Gasteiger charge is -2.35. The van der Waals surface area contributed by atoms with E-state index in [9.17, 15) is 18.0 Å². The highest BCUT2D eigenvalue weighted by Gasteiger charge is 2.35. The Labute approximate surface area is 284 Å². The molecule has 46 heavy (non-hydrogen) atoms. The molecule has 1 N–H and O–H groups in total. The Kier molecular flexibility index (Phi) is 11.5. The highest BCUT2D eigenvalue weighted by atomic mass is 79.9. The van der Waals surface area contributed by atoms with Gasteiger partial charge in [0.2, 0.25) is 11.8 Å². The van der Waals surface area contributed by atoms with E-state index < -0.39 is 28.5 Å². The zero-order valence-electron chi connectivity index (χ0n) is 25.4. The lowest BCUT2D eigenvalue weighted by atomic mass is 9.94. The molecular weight excluding hydrogens is 686 g/mol. The summed E-state index contributed by atoms with van der Waals surface area (Å²) in [5.74, 6) is -0.748. The van der Waals surface area contributed by atoms with Crippen LogP contribution in [0.4, 0.5) is 5.69 Å². The summed E-state index contributed by atoms with van der Waals surface area (Å²) in [7, 11) is -4.17. The van der Waals surface area contributed by atoms with Crippen LogP contribution < -0.4 is 9.62 Å². The van der Waals surface area contributed by atoms with Gasteiger partial charge in [0.15, 0.2) is 0 Å². The average molecular weight is 723 g/mol. The summed E-state index contributed by atoms with van der Waals surface area (Å²) in [5.41, 5.74) is 1.99. The third-order valence-corrected chi connectivity index (χ3v) is 10.8. The molecule has 0 radical (unpaired) electrons. The second kappa shape index (κ2) is 15.8. The third-order valence-electron chi connectivity index (χ3n) is 8.21. The lowest BCUT2D eigenvalue weighted by Crippen LogP contribution is -2.55. The Balaban J connectivity index is 1.55. The van der Waals surface area contributed by atoms with Crippen molar-refractivity contribution in [2.45, 2.75) is 62.0 Å². The molecule has 0 aliphatic heterocycles. The van der Waals surface area contributed by atoms with Gasteiger partial charge in [0.05, 0.1) is 10.6 Å². The van der Waals surface area contributed by atoms with E-state index in [-0.39, 0.29) is 35.5 Å². The fourth-order valence-electron chi connectivity index (χ4n) is 5.74. The van der Waals surface area contributed by atoms with Crippen LogP contribution in [0.2, 0.25) is 5.02 Å². The molecule has 1 aliphatic rings. The molecule has 1 saturated carbocycles. The Morgan fingerprint density at radius 3 is 2.04 bits per heavy atom. The van der Waals surface area contributed by atoms with E-state index in [2.05, 4.69) is 21.2 Å². The summed E-state index contributed by atoms with van der Waals surface area (Å²) >= 11 is 9.62. The molecule has 1 atom stereocenters. The van der Waals surface area contributed by atoms with E-state index in [0.717, 1.165) is 52.0 Å². The zero-order chi connectivity index (χ0) is 32.5. The number of hydrogen-bond acceptors (Lipinski definition) is 4. The van der Waals surface area contributed by atoms with E-state index in [1.807, 2.05) is 54.6 Å². The number of sulfonamides is 1. The van der Waals surface area contributed by atoms with Crippen LogP contribution >= 0.6 is 27.5 Å². The van der Waals surface area contributed by atoms with Crippen molar-refractivity contribution in [1.29, 1.82) is 0 Å². The van der Waals surface area contributed by atoms with Gasteiger partial charge in [0.1, 0.15) is 12.6 Å². The van der Waals surface area contributed by atoms with Crippen LogP contribution in [0, 0.1) is 0 Å². The summed E-state index contributed by atoms with van der Waals surface area (Å²) in [4.78, 5) is 30.3. The summed E-state index contributed by atoms with van der Waals surface area (Å²) in [6, 6.07) is 30.6. The van der Waals surface area contributed by atoms with Crippen LogP contribution in [0.1, 0.15) is 43.2 Å². The van der Waals surface area contributed by atoms with Crippen molar-refractivity contribution in [2.75, 3.05) is 10.8 Å². The number of carbonyl (C=O) groups is 2. The molecule has 2 amide bonds. The number of anilines is 1. The maximum atomic E-state index is 14.6. The van der Waals surface area contributed by atoms with E-state index in [1.54, 1.807) is 42.5 Å². The normalized spacial score (nSPS) is 14.3. The molecule has 1 unspecified atom stereocenters. The molecule has 1 fully saturated rings. The van der Waals surface area contributed by atoms with Crippen molar-refractivity contribution in [3.8, 4) is 0 Å². The van der Waals surface area contributed by atoms with Gasteiger partial charge in [-0.05, 0) is 72.5 Å². The fraction of sp³-hybridized carbons (Fsp3) is 0.278. The van der Waals surface area contributed by atoms with Gasteiger partial charge in [-0.15, -0.1) is 0 Å². The SMILES string of the molecule is O=C(NC1CCCCC1)C(Cc1ccccc1)N(Cc1ccc(Br)cc1)C(=O)CN(c1ccc(Cl)cc1)S(=O)(=O)c1ccccc1. The van der Waals surface area contributed by atoms with Crippen molar-refractivity contribution >= 4 is 55.1 Å². The first kappa shape index (κ1) is 33.7. The Hall–Kier alpha value is -3.66. The molecule has 4 aromatic carbocycles. The van der Waals surface area contributed by atoms with Gasteiger partial charge in [-0.2, -0.15) is 0 Å². The molecule has 1 aliphatic carbocycles. The number of benzene rings is 4. The minimum absolute atomic E-state index is 0.0354. The molecule has 10 heteroatoms. The van der Waals surface area contributed by atoms with Crippen LogP contribution in [0.3, 0.4) is 0 Å². The Bertz CT molecular complexity index is 1700. The first-order chi connectivity index (χ1) is 22.2. The van der Waals surface area contributed by atoms with E-state index in [4.69, 9.17) is 11.6 Å². The number of amides is 2. The topological polar surface area (TPSA) is 86.8 Å². The lowest BCUT2D eigenvalue weighted by molar-refractivity contribution is -0.140. The molecule has 0 spiro atoms. The van der Waals surface area contributed by atoms with Crippen molar-refractivity contribution < 1.29 is 18.0 Å². The molecule has 0 heterocycles. The maximum Gasteiger partial charge on any atom is 0.264 e. The number of hydrogen-bond donors (Lipinski definition) is 1. The van der Waals surface area contributed by atoms with Crippen LogP contribution in [-0.4, -0.2) is 43.8 Å². The number of nitrogens with one attached hydrogen (secondary N) is 1. The van der Waals surface area contributed by atoms with Crippen molar-refractivity contribution in [3.05, 3.63) is 130 Å². The van der Waals surface area contributed by atoms with Crippen molar-refractivity contribution in [3.63, 3.8) is 0 Å². The average Bonchev–Trinajstić information content (AvgIpc) is 3.07. The minimum atomic E-state index is -4.17. The maximum absolute atomic E-state index is 14.6. The highest BCUT2D eigenvalue weighted by Crippen LogP contribution is 2.27. The van der Waals surface area contributed by atoms with Crippen LogP contribution in [0.15, 0.2) is 119 Å². The third kappa shape index (κ3) is 8.78. The molecule has 4 aromatic rings. The predicted molar refractivity (Wildman–Crippen MR) is 186 cm³/mol. The number of carbonyl (C=O) groups excluding carboxylic acids is 2. The largest absolute Gasteiger partial charge is 0.352 e. The highest BCUT2D eigenvalue weighted by molar-refractivity contribution is 9.10. The van der Waals surface area contributed by atoms with Gasteiger partial charge in [0, 0.05) is 28.5 Å². The number of halogens is 2. The second-order valence-corrected chi connectivity index (χ2v) is 14.7. The first-order valence-electron chi connectivity index (χ1n) is 15.4. The van der Waals surface area contributed by atoms with Gasteiger partial charge in [-0.25, -0.2) is 8.42 Å². The number of nitrogens with zero attached hydrogens (tertiary/aromatic N) is 2. The Morgan fingerprint density at radius 1 is 0.804 bits per heavy atom. The van der Waals surface area contributed by atoms with Crippen LogP contribution in [-0.2, 0) is 32.6 Å². The minimum Gasteiger partial charge on any atom is -0.352 e. The van der Waals surface area contributed by atoms with E-state index >= 15 is 0 Å². The predicted octanol–water partition coefficient (Wildman–Crippen LogP) is 7.39. The number of rotatable bonds is 12. The molecule has 0 aromatic heterocycles. The summed E-state index contributed by atoms with van der Waals surface area (Å²) < 4.78 is 30.1. The molecule has 240 valence electrons. The molecule has 0 bridgehead atoms. The summed E-state index contributed by atoms with van der Waals surface area (Å²) in [6.45, 7) is -0.404. The quantitative estimate of drug-likeness (QED) is 0.165. The van der Waals surface area contributed by atoms with Gasteiger partial charge in [-0.1, -0.05) is 107 Å². The second-order valence-electron chi connectivity index (χ2n) is 11.5. The van der Waals surface area contributed by atoms with Crippen LogP contribution in [0.5, 0.6) is 0 Å². The molecule has 5 rings (SSSR count). The molecule has 7 nitrogen and oxygen atoms in total.